The summed E-state index contributed by atoms with van der Waals surface area (Å²) in [5.41, 5.74) is 0.829. The zero-order valence-electron chi connectivity index (χ0n) is 16.4. The smallest absolute Gasteiger partial charge is 0.0900 e. The molecule has 0 unspecified atom stereocenters. The molecule has 0 N–H and O–H groups in total. The van der Waals surface area contributed by atoms with Crippen LogP contribution >= 0.6 is 0 Å². The topological polar surface area (TPSA) is 154 Å². The Labute approximate surface area is 191 Å². The second kappa shape index (κ2) is 14.1. The summed E-state index contributed by atoms with van der Waals surface area (Å²) < 4.78 is 5.34. The van der Waals surface area contributed by atoms with Crippen LogP contribution in [-0.2, 0) is 28.8 Å². The molecule has 163 valence electrons. The van der Waals surface area contributed by atoms with Crippen LogP contribution in [0, 0.1) is 0 Å². The van der Waals surface area contributed by atoms with Gasteiger partial charge in [0.1, 0.15) is 0 Å². The minimum absolute atomic E-state index is 0. The number of ether oxygens (including phenoxy) is 1. The van der Waals surface area contributed by atoms with Crippen molar-refractivity contribution >= 4 is 11.9 Å². The van der Waals surface area contributed by atoms with E-state index >= 15 is 0 Å². The minimum Gasteiger partial charge on any atom is -2.00 e. The van der Waals surface area contributed by atoms with E-state index in [1.54, 1.807) is 7.11 Å². The van der Waals surface area contributed by atoms with Gasteiger partial charge in [0.15, 0.2) is 0 Å². The van der Waals surface area contributed by atoms with Gasteiger partial charge in [-0.1, -0.05) is 78.4 Å². The van der Waals surface area contributed by atoms with Crippen molar-refractivity contribution < 1.29 is 53.7 Å². The summed E-state index contributed by atoms with van der Waals surface area (Å²) in [7, 11) is 1.57. The van der Waals surface area contributed by atoms with Crippen molar-refractivity contribution in [2.45, 2.75) is 12.2 Å². The largest absolute Gasteiger partial charge is 2.00 e. The van der Waals surface area contributed by atoms with E-state index in [1.807, 2.05) is 60.7 Å². The van der Waals surface area contributed by atoms with Gasteiger partial charge in [0.25, 0.3) is 0 Å². The Bertz CT molecular complexity index is 910. The van der Waals surface area contributed by atoms with Crippen LogP contribution in [0.15, 0.2) is 78.9 Å². The van der Waals surface area contributed by atoms with E-state index in [1.165, 1.54) is 6.07 Å². The molecule has 0 aliphatic carbocycles. The molecule has 0 aliphatic rings. The third-order valence-corrected chi connectivity index (χ3v) is 3.95. The van der Waals surface area contributed by atoms with Crippen LogP contribution in [-0.4, -0.2) is 24.0 Å². The molecule has 3 aromatic rings. The van der Waals surface area contributed by atoms with Crippen molar-refractivity contribution in [3.05, 3.63) is 101 Å². The Morgan fingerprint density at radius 1 is 0.774 bits per heavy atom. The maximum atomic E-state index is 12.3. The van der Waals surface area contributed by atoms with Crippen molar-refractivity contribution in [1.29, 1.82) is 0 Å². The molecule has 0 fully saturated rings. The van der Waals surface area contributed by atoms with Gasteiger partial charge in [-0.15, -0.1) is 0 Å². The van der Waals surface area contributed by atoms with Crippen molar-refractivity contribution in [1.82, 2.24) is 4.98 Å². The maximum absolute atomic E-state index is 12.3. The van der Waals surface area contributed by atoms with Gasteiger partial charge in [-0.2, -0.15) is 0 Å². The quantitative estimate of drug-likeness (QED) is 0.509. The van der Waals surface area contributed by atoms with E-state index in [0.29, 0.717) is 0 Å². The van der Waals surface area contributed by atoms with Gasteiger partial charge in [-0.3, -0.25) is 0 Å². The third-order valence-electron chi connectivity index (χ3n) is 3.95. The molecule has 9 heteroatoms. The monoisotopic (exact) mass is 459 g/mol. The number of nitrogens with zero attached hydrogens (tertiary/aromatic N) is 1. The summed E-state index contributed by atoms with van der Waals surface area (Å²) in [6.07, 6.45) is -1.35. The number of carboxylic acids is 2. The molecule has 0 bridgehead atoms. The van der Waals surface area contributed by atoms with Crippen LogP contribution in [0.25, 0.3) is 0 Å². The summed E-state index contributed by atoms with van der Waals surface area (Å²) >= 11 is 0. The van der Waals surface area contributed by atoms with Crippen LogP contribution in [0.4, 0.5) is 0 Å². The van der Waals surface area contributed by atoms with Crippen LogP contribution in [0.3, 0.4) is 0 Å². The Hall–Kier alpha value is -3.01. The van der Waals surface area contributed by atoms with Crippen LogP contribution < -0.4 is 15.3 Å². The Balaban J connectivity index is 0.000000575. The normalized spacial score (nSPS) is 11.4. The molecule has 2 aromatic carbocycles. The average Bonchev–Trinajstić information content (AvgIpc) is 2.76. The Morgan fingerprint density at radius 2 is 1.19 bits per heavy atom. The van der Waals surface area contributed by atoms with Gasteiger partial charge in [0, 0.05) is 25.7 Å². The fraction of sp³-hybridized carbons (Fsp3) is 0.136. The first-order chi connectivity index (χ1) is 13.9. The number of hydrogen-bond acceptors (Lipinski definition) is 7. The van der Waals surface area contributed by atoms with Gasteiger partial charge < -0.3 is 35.1 Å². The molecular formula is C22H18NO7V-5. The van der Waals surface area contributed by atoms with E-state index in [2.05, 4.69) is 4.98 Å². The van der Waals surface area contributed by atoms with Crippen molar-refractivity contribution in [3.63, 3.8) is 0 Å². The van der Waals surface area contributed by atoms with Gasteiger partial charge in [0.05, 0.1) is 29.4 Å². The fourth-order valence-electron chi connectivity index (χ4n) is 2.56. The standard InChI is InChI=1S/C15H15O2.C7H5NO4.O.V/c1-17-15(13-10-6-3-7-11-13)14(16)12-8-4-2-5-9-12;9-6(10)4-2-1-3-5(8-4)7(11)12;;/h2-11,14-15H,1H3;1-3H,(H,9,10)(H,11,12);;/q-1;;-2;/p-2/t14-,15+;;;/m0.../s1. The van der Waals surface area contributed by atoms with E-state index in [9.17, 15) is 24.9 Å². The van der Waals surface area contributed by atoms with Crippen LogP contribution in [0.5, 0.6) is 0 Å². The molecule has 31 heavy (non-hydrogen) atoms. The molecule has 0 amide bonds. The van der Waals surface area contributed by atoms with Crippen molar-refractivity contribution in [2.75, 3.05) is 7.11 Å². The molecule has 0 spiro atoms. The second-order valence-corrected chi connectivity index (χ2v) is 5.88. The molecule has 3 rings (SSSR count). The first kappa shape index (κ1) is 28.0. The maximum Gasteiger partial charge on any atom is 0.0900 e. The fourth-order valence-corrected chi connectivity index (χ4v) is 2.56. The number of benzene rings is 2. The SMILES string of the molecule is CO[C@H](c1ccccc1)[C@@H]([O-])c1ccccc1.O=C([O-])c1cccc(C(=O)[O-])n1.[O-2].[V]. The number of carboxylic acid groups (broad SMARTS) is 2. The predicted octanol–water partition coefficient (Wildman–Crippen LogP) is 0.163. The summed E-state index contributed by atoms with van der Waals surface area (Å²) in [6, 6.07) is 22.5. The number of rotatable bonds is 6. The molecule has 8 nitrogen and oxygen atoms in total. The number of aromatic carboxylic acids is 2. The number of methoxy groups -OCH3 is 1. The Morgan fingerprint density at radius 3 is 1.58 bits per heavy atom. The predicted molar refractivity (Wildman–Crippen MR) is 99.0 cm³/mol. The van der Waals surface area contributed by atoms with Crippen molar-refractivity contribution in [2.24, 2.45) is 0 Å². The van der Waals surface area contributed by atoms with E-state index < -0.39 is 35.5 Å². The molecule has 0 aliphatic heterocycles. The third kappa shape index (κ3) is 8.33. The minimum atomic E-state index is -1.52. The van der Waals surface area contributed by atoms with E-state index in [4.69, 9.17) is 4.74 Å². The molecule has 1 aromatic heterocycles. The molecular weight excluding hydrogens is 441 g/mol. The summed E-state index contributed by atoms with van der Waals surface area (Å²) in [5, 5.41) is 32.7. The van der Waals surface area contributed by atoms with Gasteiger partial charge >= 0.3 is 0 Å². The first-order valence-electron chi connectivity index (χ1n) is 8.62. The van der Waals surface area contributed by atoms with Crippen LogP contribution in [0.2, 0.25) is 0 Å². The zero-order chi connectivity index (χ0) is 21.2. The number of aromatic nitrogens is 1. The summed E-state index contributed by atoms with van der Waals surface area (Å²) in [6.45, 7) is 0. The average molecular weight is 459 g/mol. The molecule has 1 heterocycles. The first-order valence-corrected chi connectivity index (χ1v) is 8.62. The zero-order valence-corrected chi connectivity index (χ0v) is 17.8. The number of hydrogen-bond donors (Lipinski definition) is 0. The number of carbonyl (C=O) groups excluding carboxylic acids is 2. The second-order valence-electron chi connectivity index (χ2n) is 5.88. The van der Waals surface area contributed by atoms with Gasteiger partial charge in [-0.25, -0.2) is 4.98 Å². The summed E-state index contributed by atoms with van der Waals surface area (Å²) in [4.78, 5) is 23.6. The molecule has 1 radical (unpaired) electrons. The van der Waals surface area contributed by atoms with Crippen LogP contribution in [0.1, 0.15) is 44.3 Å². The summed E-state index contributed by atoms with van der Waals surface area (Å²) in [5.74, 6) is -3.03. The molecule has 2 atom stereocenters. The van der Waals surface area contributed by atoms with Gasteiger partial charge in [-0.05, 0) is 17.7 Å². The van der Waals surface area contributed by atoms with E-state index in [-0.39, 0.29) is 24.0 Å². The van der Waals surface area contributed by atoms with Crippen molar-refractivity contribution in [3.8, 4) is 0 Å². The molecule has 0 saturated carbocycles. The van der Waals surface area contributed by atoms with Gasteiger partial charge in [0.2, 0.25) is 0 Å². The molecule has 0 saturated heterocycles. The van der Waals surface area contributed by atoms with E-state index in [0.717, 1.165) is 23.3 Å². The number of carbonyl (C=O) groups is 2. The number of pyridine rings is 1. The Kier molecular flexibility index (Phi) is 12.7.